The van der Waals surface area contributed by atoms with Crippen LogP contribution in [0.2, 0.25) is 0 Å². The van der Waals surface area contributed by atoms with Crippen molar-refractivity contribution in [3.05, 3.63) is 59.2 Å². The Bertz CT molecular complexity index is 1000. The first kappa shape index (κ1) is 21.9. The van der Waals surface area contributed by atoms with Crippen molar-refractivity contribution in [2.45, 2.75) is 6.92 Å². The van der Waals surface area contributed by atoms with Gasteiger partial charge in [-0.15, -0.1) is 0 Å². The maximum absolute atomic E-state index is 12.3. The van der Waals surface area contributed by atoms with Crippen LogP contribution in [0.3, 0.4) is 0 Å². The summed E-state index contributed by atoms with van der Waals surface area (Å²) in [6, 6.07) is 12.1. The van der Waals surface area contributed by atoms with Crippen molar-refractivity contribution >= 4 is 23.9 Å². The lowest BCUT2D eigenvalue weighted by Gasteiger charge is -2.28. The second-order valence-corrected chi connectivity index (χ2v) is 6.99. The summed E-state index contributed by atoms with van der Waals surface area (Å²) in [6.45, 7) is 2.67. The molecule has 31 heavy (non-hydrogen) atoms. The molecule has 162 valence electrons. The first-order valence-electron chi connectivity index (χ1n) is 9.64. The lowest BCUT2D eigenvalue weighted by molar-refractivity contribution is -0.134. The zero-order valence-electron chi connectivity index (χ0n) is 17.9. The van der Waals surface area contributed by atoms with Crippen LogP contribution in [0.1, 0.15) is 11.1 Å². The van der Waals surface area contributed by atoms with E-state index in [1.807, 2.05) is 31.2 Å². The Kier molecular flexibility index (Phi) is 6.59. The summed E-state index contributed by atoms with van der Waals surface area (Å²) in [5.74, 6) is 0.403. The highest BCUT2D eigenvalue weighted by atomic mass is 16.5. The van der Waals surface area contributed by atoms with Crippen LogP contribution in [0.25, 0.3) is 6.08 Å². The largest absolute Gasteiger partial charge is 0.493 e. The average molecular weight is 424 g/mol. The van der Waals surface area contributed by atoms with Gasteiger partial charge in [-0.2, -0.15) is 0 Å². The minimum Gasteiger partial charge on any atom is -0.493 e. The van der Waals surface area contributed by atoms with E-state index in [0.717, 1.165) is 21.1 Å². The van der Waals surface area contributed by atoms with Crippen LogP contribution in [0.5, 0.6) is 17.2 Å². The number of amides is 4. The average Bonchev–Trinajstić information content (AvgIpc) is 2.78. The summed E-state index contributed by atoms with van der Waals surface area (Å²) >= 11 is 0. The van der Waals surface area contributed by atoms with Gasteiger partial charge < -0.3 is 14.2 Å². The predicted octanol–water partition coefficient (Wildman–Crippen LogP) is 2.90. The number of methoxy groups -OCH3 is 1. The van der Waals surface area contributed by atoms with E-state index >= 15 is 0 Å². The fourth-order valence-electron chi connectivity index (χ4n) is 2.98. The van der Waals surface area contributed by atoms with E-state index < -0.39 is 17.8 Å². The molecule has 2 aromatic carbocycles. The van der Waals surface area contributed by atoms with Crippen molar-refractivity contribution in [2.75, 3.05) is 34.4 Å². The van der Waals surface area contributed by atoms with Gasteiger partial charge in [0.15, 0.2) is 11.5 Å². The second-order valence-electron chi connectivity index (χ2n) is 6.99. The number of hydrogen-bond donors (Lipinski definition) is 0. The number of imide groups is 2. The summed E-state index contributed by atoms with van der Waals surface area (Å²) in [7, 11) is 4.16. The Morgan fingerprint density at radius 3 is 2.06 bits per heavy atom. The number of rotatable bonds is 7. The third kappa shape index (κ3) is 4.85. The Balaban J connectivity index is 1.68. The zero-order chi connectivity index (χ0) is 22.5. The van der Waals surface area contributed by atoms with E-state index in [9.17, 15) is 14.4 Å². The molecule has 0 bridgehead atoms. The second kappa shape index (κ2) is 9.34. The van der Waals surface area contributed by atoms with Gasteiger partial charge in [0.1, 0.15) is 24.5 Å². The highest BCUT2D eigenvalue weighted by Gasteiger charge is 2.37. The van der Waals surface area contributed by atoms with Crippen LogP contribution in [-0.2, 0) is 9.59 Å². The molecule has 4 amide bonds. The van der Waals surface area contributed by atoms with E-state index in [1.165, 1.54) is 27.3 Å². The standard InChI is InChI=1S/C23H24N2O6/c1-15-5-8-17(9-6-15)30-11-12-31-19-10-7-16(14-20(19)29-4)13-18-21(26)24(2)23(28)25(3)22(18)27/h5-10,13-14H,11-12H2,1-4H3. The van der Waals surface area contributed by atoms with Crippen molar-refractivity contribution in [3.8, 4) is 17.2 Å². The molecule has 0 unspecified atom stereocenters. The van der Waals surface area contributed by atoms with Gasteiger partial charge in [-0.25, -0.2) is 4.79 Å². The van der Waals surface area contributed by atoms with Crippen molar-refractivity contribution in [2.24, 2.45) is 0 Å². The number of carbonyl (C=O) groups excluding carboxylic acids is 3. The first-order valence-corrected chi connectivity index (χ1v) is 9.64. The zero-order valence-corrected chi connectivity index (χ0v) is 17.9. The molecule has 8 nitrogen and oxygen atoms in total. The molecule has 1 heterocycles. The van der Waals surface area contributed by atoms with Gasteiger partial charge in [-0.05, 0) is 42.8 Å². The highest BCUT2D eigenvalue weighted by molar-refractivity contribution is 6.30. The van der Waals surface area contributed by atoms with Gasteiger partial charge in [-0.3, -0.25) is 19.4 Å². The normalized spacial score (nSPS) is 14.1. The molecular formula is C23H24N2O6. The molecule has 0 aromatic heterocycles. The van der Waals surface area contributed by atoms with E-state index in [4.69, 9.17) is 14.2 Å². The summed E-state index contributed by atoms with van der Waals surface area (Å²) in [6.07, 6.45) is 1.43. The molecule has 8 heteroatoms. The number of hydrogen-bond acceptors (Lipinski definition) is 6. The Labute approximate surface area is 180 Å². The SMILES string of the molecule is COc1cc(C=C2C(=O)N(C)C(=O)N(C)C2=O)ccc1OCCOc1ccc(C)cc1. The molecule has 0 spiro atoms. The maximum atomic E-state index is 12.3. The summed E-state index contributed by atoms with van der Waals surface area (Å²) in [4.78, 5) is 38.3. The van der Waals surface area contributed by atoms with Gasteiger partial charge >= 0.3 is 6.03 Å². The molecule has 3 rings (SSSR count). The third-order valence-electron chi connectivity index (χ3n) is 4.77. The van der Waals surface area contributed by atoms with Crippen LogP contribution in [0.4, 0.5) is 4.79 Å². The van der Waals surface area contributed by atoms with Gasteiger partial charge in [0.2, 0.25) is 0 Å². The molecule has 1 aliphatic rings. The molecule has 0 aliphatic carbocycles. The number of barbiturate groups is 1. The molecule has 1 aliphatic heterocycles. The van der Waals surface area contributed by atoms with Gasteiger partial charge in [0.25, 0.3) is 11.8 Å². The predicted molar refractivity (Wildman–Crippen MR) is 114 cm³/mol. The fourth-order valence-corrected chi connectivity index (χ4v) is 2.98. The number of benzene rings is 2. The van der Waals surface area contributed by atoms with Crippen molar-refractivity contribution < 1.29 is 28.6 Å². The first-order chi connectivity index (χ1) is 14.8. The fraction of sp³-hybridized carbons (Fsp3) is 0.261. The van der Waals surface area contributed by atoms with Gasteiger partial charge in [0, 0.05) is 14.1 Å². The summed E-state index contributed by atoms with van der Waals surface area (Å²) < 4.78 is 16.8. The molecule has 1 fully saturated rings. The van der Waals surface area contributed by atoms with Crippen molar-refractivity contribution in [1.29, 1.82) is 0 Å². The molecule has 0 saturated carbocycles. The number of aryl methyl sites for hydroxylation is 1. The number of ether oxygens (including phenoxy) is 3. The van der Waals surface area contributed by atoms with Crippen molar-refractivity contribution in [3.63, 3.8) is 0 Å². The van der Waals surface area contributed by atoms with E-state index in [0.29, 0.717) is 30.3 Å². The van der Waals surface area contributed by atoms with Gasteiger partial charge in [0.05, 0.1) is 7.11 Å². The van der Waals surface area contributed by atoms with E-state index in [2.05, 4.69) is 0 Å². The van der Waals surface area contributed by atoms with E-state index in [1.54, 1.807) is 18.2 Å². The number of carbonyl (C=O) groups is 3. The van der Waals surface area contributed by atoms with Gasteiger partial charge in [-0.1, -0.05) is 23.8 Å². The molecule has 2 aromatic rings. The number of nitrogens with zero attached hydrogens (tertiary/aromatic N) is 2. The Morgan fingerprint density at radius 1 is 0.839 bits per heavy atom. The highest BCUT2D eigenvalue weighted by Crippen LogP contribution is 2.29. The monoisotopic (exact) mass is 424 g/mol. The van der Waals surface area contributed by atoms with Crippen LogP contribution < -0.4 is 14.2 Å². The minimum atomic E-state index is -0.665. The number of urea groups is 1. The maximum Gasteiger partial charge on any atom is 0.333 e. The quantitative estimate of drug-likeness (QED) is 0.386. The van der Waals surface area contributed by atoms with Crippen LogP contribution in [0.15, 0.2) is 48.0 Å². The van der Waals surface area contributed by atoms with E-state index in [-0.39, 0.29) is 5.57 Å². The van der Waals surface area contributed by atoms with Crippen molar-refractivity contribution in [1.82, 2.24) is 9.80 Å². The number of likely N-dealkylation sites (N-methyl/N-ethyl adjacent to an activating group) is 2. The molecule has 0 N–H and O–H groups in total. The van der Waals surface area contributed by atoms with Crippen LogP contribution in [0, 0.1) is 6.92 Å². The molecular weight excluding hydrogens is 400 g/mol. The van der Waals surface area contributed by atoms with Crippen LogP contribution >= 0.6 is 0 Å². The molecule has 0 atom stereocenters. The lowest BCUT2D eigenvalue weighted by Crippen LogP contribution is -2.52. The lowest BCUT2D eigenvalue weighted by atomic mass is 10.1. The smallest absolute Gasteiger partial charge is 0.333 e. The minimum absolute atomic E-state index is 0.105. The molecule has 0 radical (unpaired) electrons. The Hall–Kier alpha value is -3.81. The van der Waals surface area contributed by atoms with Crippen LogP contribution in [-0.4, -0.2) is 62.1 Å². The summed E-state index contributed by atoms with van der Waals surface area (Å²) in [5.41, 5.74) is 1.62. The Morgan fingerprint density at radius 2 is 1.45 bits per heavy atom. The molecule has 1 saturated heterocycles. The topological polar surface area (TPSA) is 85.4 Å². The summed E-state index contributed by atoms with van der Waals surface area (Å²) in [5, 5.41) is 0. The third-order valence-corrected chi connectivity index (χ3v) is 4.77.